The van der Waals surface area contributed by atoms with Gasteiger partial charge in [-0.3, -0.25) is 0 Å². The van der Waals surface area contributed by atoms with Crippen molar-refractivity contribution in [2.75, 3.05) is 0 Å². The van der Waals surface area contributed by atoms with Crippen molar-refractivity contribution in [3.8, 4) is 0 Å². The van der Waals surface area contributed by atoms with Gasteiger partial charge in [0.25, 0.3) is 0 Å². The number of hydrogen-bond donors (Lipinski definition) is 0. The molecule has 3 heterocycles. The Morgan fingerprint density at radius 2 is 2.25 bits per heavy atom. The van der Waals surface area contributed by atoms with Crippen LogP contribution in [0.1, 0.15) is 33.4 Å². The molecule has 0 aromatic carbocycles. The maximum Gasteiger partial charge on any atom is 0.169 e. The van der Waals surface area contributed by atoms with Gasteiger partial charge in [0.2, 0.25) is 0 Å². The molecule has 20 heavy (non-hydrogen) atoms. The third-order valence-corrected chi connectivity index (χ3v) is 4.65. The molecule has 4 atom stereocenters. The summed E-state index contributed by atoms with van der Waals surface area (Å²) in [6, 6.07) is 1.79. The van der Waals surface area contributed by atoms with E-state index in [-0.39, 0.29) is 12.0 Å². The number of aromatic nitrogens is 3. The predicted molar refractivity (Wildman–Crippen MR) is 75.4 cm³/mol. The van der Waals surface area contributed by atoms with Crippen molar-refractivity contribution in [2.24, 2.45) is 5.92 Å². The molecule has 3 rings (SSSR count). The second-order valence-electron chi connectivity index (χ2n) is 5.50. The Kier molecular flexibility index (Phi) is 3.21. The zero-order valence-corrected chi connectivity index (χ0v) is 12.4. The lowest BCUT2D eigenvalue weighted by molar-refractivity contribution is -0.0447. The van der Waals surface area contributed by atoms with Crippen LogP contribution in [0.3, 0.4) is 0 Å². The Balaban J connectivity index is 2.10. The van der Waals surface area contributed by atoms with Crippen LogP contribution >= 0.6 is 11.6 Å². The van der Waals surface area contributed by atoms with E-state index >= 15 is 4.39 Å². The fraction of sp³-hybridized carbons (Fsp3) is 0.571. The van der Waals surface area contributed by atoms with Crippen LogP contribution in [0.4, 0.5) is 4.39 Å². The lowest BCUT2D eigenvalue weighted by Crippen LogP contribution is -2.33. The summed E-state index contributed by atoms with van der Waals surface area (Å²) in [5, 5.41) is 1.08. The topological polar surface area (TPSA) is 39.9 Å². The van der Waals surface area contributed by atoms with E-state index in [2.05, 4.69) is 9.97 Å². The van der Waals surface area contributed by atoms with Gasteiger partial charge in [-0.1, -0.05) is 25.4 Å². The first kappa shape index (κ1) is 13.8. The third-order valence-electron chi connectivity index (χ3n) is 4.35. The number of ether oxygens (including phenoxy) is 1. The Labute approximate surface area is 121 Å². The highest BCUT2D eigenvalue weighted by Crippen LogP contribution is 2.47. The molecule has 1 aliphatic heterocycles. The van der Waals surface area contributed by atoms with E-state index in [9.17, 15) is 0 Å². The second kappa shape index (κ2) is 4.67. The van der Waals surface area contributed by atoms with Crippen molar-refractivity contribution >= 4 is 22.6 Å². The standard InChI is InChI=1S/C14H17ClFN3O/c1-4-10-8(2)14(3,16)13(20-10)19-6-5-9-11(15)17-7-18-12(9)19/h5-8,10,13H,4H2,1-3H3/t8-,10-,13-,14-/m1/s1. The molecule has 0 bridgehead atoms. The molecule has 0 N–H and O–H groups in total. The molecule has 1 saturated heterocycles. The van der Waals surface area contributed by atoms with Gasteiger partial charge in [-0.15, -0.1) is 0 Å². The molecular formula is C14H17ClFN3O. The van der Waals surface area contributed by atoms with Crippen molar-refractivity contribution in [1.29, 1.82) is 0 Å². The molecule has 0 saturated carbocycles. The summed E-state index contributed by atoms with van der Waals surface area (Å²) < 4.78 is 22.7. The zero-order valence-electron chi connectivity index (χ0n) is 11.7. The van der Waals surface area contributed by atoms with Crippen LogP contribution < -0.4 is 0 Å². The molecule has 6 heteroatoms. The van der Waals surface area contributed by atoms with Crippen LogP contribution in [0.5, 0.6) is 0 Å². The normalized spacial score (nSPS) is 34.0. The first-order chi connectivity index (χ1) is 9.46. The van der Waals surface area contributed by atoms with Crippen LogP contribution in [0.2, 0.25) is 5.15 Å². The van der Waals surface area contributed by atoms with Crippen molar-refractivity contribution in [2.45, 2.75) is 45.2 Å². The fourth-order valence-corrected chi connectivity index (χ4v) is 3.11. The molecule has 1 aliphatic rings. The van der Waals surface area contributed by atoms with Crippen LogP contribution in [0.25, 0.3) is 11.0 Å². The minimum atomic E-state index is -1.45. The zero-order chi connectivity index (χ0) is 14.5. The molecule has 4 nitrogen and oxygen atoms in total. The maximum absolute atomic E-state index is 15.1. The second-order valence-corrected chi connectivity index (χ2v) is 5.86. The Bertz CT molecular complexity index is 642. The molecular weight excluding hydrogens is 281 g/mol. The average molecular weight is 298 g/mol. The molecule has 1 fully saturated rings. The first-order valence-corrected chi connectivity index (χ1v) is 7.16. The summed E-state index contributed by atoms with van der Waals surface area (Å²) in [7, 11) is 0. The van der Waals surface area contributed by atoms with Gasteiger partial charge in [-0.2, -0.15) is 0 Å². The van der Waals surface area contributed by atoms with Crippen molar-refractivity contribution in [3.05, 3.63) is 23.7 Å². The first-order valence-electron chi connectivity index (χ1n) is 6.78. The molecule has 2 aromatic rings. The summed E-state index contributed by atoms with van der Waals surface area (Å²) in [5.41, 5.74) is -0.854. The van der Waals surface area contributed by atoms with Gasteiger partial charge in [0.05, 0.1) is 11.5 Å². The van der Waals surface area contributed by atoms with Crippen LogP contribution in [-0.4, -0.2) is 26.3 Å². The minimum Gasteiger partial charge on any atom is -0.351 e. The molecule has 0 spiro atoms. The molecule has 108 valence electrons. The molecule has 0 amide bonds. The summed E-state index contributed by atoms with van der Waals surface area (Å²) in [5.74, 6) is -0.174. The maximum atomic E-state index is 15.1. The minimum absolute atomic E-state index is 0.0928. The Hall–Kier alpha value is -1.20. The van der Waals surface area contributed by atoms with Crippen LogP contribution in [0, 0.1) is 5.92 Å². The smallest absolute Gasteiger partial charge is 0.169 e. The molecule has 0 radical (unpaired) electrons. The van der Waals surface area contributed by atoms with Gasteiger partial charge in [-0.05, 0) is 19.4 Å². The molecule has 0 unspecified atom stereocenters. The van der Waals surface area contributed by atoms with Crippen LogP contribution in [0.15, 0.2) is 18.6 Å². The van der Waals surface area contributed by atoms with Crippen molar-refractivity contribution in [1.82, 2.24) is 14.5 Å². The van der Waals surface area contributed by atoms with E-state index in [1.54, 1.807) is 23.8 Å². The lowest BCUT2D eigenvalue weighted by atomic mass is 9.88. The highest BCUT2D eigenvalue weighted by molar-refractivity contribution is 6.33. The van der Waals surface area contributed by atoms with Crippen molar-refractivity contribution < 1.29 is 9.13 Å². The summed E-state index contributed by atoms with van der Waals surface area (Å²) >= 11 is 6.03. The van der Waals surface area contributed by atoms with Gasteiger partial charge in [-0.25, -0.2) is 14.4 Å². The number of fused-ring (bicyclic) bond motifs is 1. The monoisotopic (exact) mass is 297 g/mol. The largest absolute Gasteiger partial charge is 0.351 e. The van der Waals surface area contributed by atoms with Crippen LogP contribution in [-0.2, 0) is 4.74 Å². The number of nitrogens with zero attached hydrogens (tertiary/aromatic N) is 3. The number of alkyl halides is 1. The lowest BCUT2D eigenvalue weighted by Gasteiger charge is -2.26. The van der Waals surface area contributed by atoms with Gasteiger partial charge in [0.1, 0.15) is 17.1 Å². The van der Waals surface area contributed by atoms with E-state index in [1.165, 1.54) is 6.33 Å². The van der Waals surface area contributed by atoms with E-state index in [1.807, 2.05) is 13.8 Å². The van der Waals surface area contributed by atoms with E-state index in [0.29, 0.717) is 16.2 Å². The quantitative estimate of drug-likeness (QED) is 0.793. The molecule has 0 aliphatic carbocycles. The number of rotatable bonds is 2. The highest BCUT2D eigenvalue weighted by Gasteiger charge is 2.52. The summed E-state index contributed by atoms with van der Waals surface area (Å²) in [6.45, 7) is 5.49. The number of halogens is 2. The highest BCUT2D eigenvalue weighted by atomic mass is 35.5. The van der Waals surface area contributed by atoms with E-state index in [4.69, 9.17) is 16.3 Å². The fourth-order valence-electron chi connectivity index (χ4n) is 2.92. The average Bonchev–Trinajstić information content (AvgIpc) is 2.92. The number of hydrogen-bond acceptors (Lipinski definition) is 3. The Morgan fingerprint density at radius 1 is 1.50 bits per heavy atom. The predicted octanol–water partition coefficient (Wildman–Crippen LogP) is 3.76. The third kappa shape index (κ3) is 1.84. The van der Waals surface area contributed by atoms with Gasteiger partial charge in [0.15, 0.2) is 11.9 Å². The van der Waals surface area contributed by atoms with Gasteiger partial charge in [0, 0.05) is 12.1 Å². The van der Waals surface area contributed by atoms with E-state index < -0.39 is 11.9 Å². The molecule has 2 aromatic heterocycles. The van der Waals surface area contributed by atoms with E-state index in [0.717, 1.165) is 6.42 Å². The van der Waals surface area contributed by atoms with Gasteiger partial charge >= 0.3 is 0 Å². The van der Waals surface area contributed by atoms with Gasteiger partial charge < -0.3 is 9.30 Å². The summed E-state index contributed by atoms with van der Waals surface area (Å²) in [4.78, 5) is 8.14. The Morgan fingerprint density at radius 3 is 2.90 bits per heavy atom. The van der Waals surface area contributed by atoms with Crippen molar-refractivity contribution in [3.63, 3.8) is 0 Å². The summed E-state index contributed by atoms with van der Waals surface area (Å²) in [6.07, 6.45) is 3.15. The SMILES string of the molecule is CC[C@H]1O[C@@H](n2ccc3c(Cl)ncnc32)[C@](C)(F)[C@@H]1C.